The van der Waals surface area contributed by atoms with E-state index in [0.29, 0.717) is 0 Å². The second-order valence-electron chi connectivity index (χ2n) is 1.84. The quantitative estimate of drug-likeness (QED) is 0.456. The SMILES string of the molecule is FC(Cl)C(F)(F)F.FC(F)(F)C(F)(F)Cl. The van der Waals surface area contributed by atoms with Crippen molar-refractivity contribution in [3.05, 3.63) is 0 Å². The maximum Gasteiger partial charge on any atom is 0.469 e. The summed E-state index contributed by atoms with van der Waals surface area (Å²) in [5, 5.41) is -5.09. The van der Waals surface area contributed by atoms with Crippen molar-refractivity contribution < 1.29 is 39.5 Å². The molecule has 11 heteroatoms. The Kier molecular flexibility index (Phi) is 6.16. The molecule has 0 aliphatic carbocycles. The smallest absolute Gasteiger partial charge is 0.220 e. The van der Waals surface area contributed by atoms with E-state index >= 15 is 0 Å². The van der Waals surface area contributed by atoms with Crippen LogP contribution in [-0.2, 0) is 0 Å². The van der Waals surface area contributed by atoms with Gasteiger partial charge in [0.25, 0.3) is 5.63 Å². The summed E-state index contributed by atoms with van der Waals surface area (Å²) in [6.07, 6.45) is -10.5. The van der Waals surface area contributed by atoms with Gasteiger partial charge in [0, 0.05) is 0 Å². The Morgan fingerprint density at radius 2 is 0.933 bits per heavy atom. The molecule has 0 spiro atoms. The van der Waals surface area contributed by atoms with E-state index < -0.39 is 23.4 Å². The van der Waals surface area contributed by atoms with Crippen molar-refractivity contribution in [1.82, 2.24) is 0 Å². The van der Waals surface area contributed by atoms with Gasteiger partial charge in [0.05, 0.1) is 0 Å². The third-order valence-corrected chi connectivity index (χ3v) is 1.03. The molecule has 0 aliphatic rings. The predicted molar refractivity (Wildman–Crippen MR) is 33.7 cm³/mol. The summed E-state index contributed by atoms with van der Waals surface area (Å²) in [6.45, 7) is 0. The average Bonchev–Trinajstić information content (AvgIpc) is 1.80. The van der Waals surface area contributed by atoms with Gasteiger partial charge in [0.1, 0.15) is 0 Å². The summed E-state index contributed by atoms with van der Waals surface area (Å²) in [5.41, 5.74) is -3.23. The lowest BCUT2D eigenvalue weighted by Gasteiger charge is -2.10. The molecule has 1 atom stereocenters. The van der Waals surface area contributed by atoms with E-state index in [0.717, 1.165) is 0 Å². The Morgan fingerprint density at radius 1 is 0.800 bits per heavy atom. The zero-order valence-corrected chi connectivity index (χ0v) is 7.75. The second kappa shape index (κ2) is 5.33. The maximum atomic E-state index is 10.9. The lowest BCUT2D eigenvalue weighted by molar-refractivity contribution is -0.241. The molecule has 1 unspecified atom stereocenters. The summed E-state index contributed by atoms with van der Waals surface area (Å²) in [7, 11) is 0. The van der Waals surface area contributed by atoms with Crippen LogP contribution in [0.25, 0.3) is 0 Å². The van der Waals surface area contributed by atoms with Crippen molar-refractivity contribution in [2.45, 2.75) is 23.4 Å². The van der Waals surface area contributed by atoms with Gasteiger partial charge >= 0.3 is 17.7 Å². The molecule has 0 aliphatic heterocycles. The van der Waals surface area contributed by atoms with E-state index in [1.54, 1.807) is 0 Å². The highest BCUT2D eigenvalue weighted by Gasteiger charge is 2.56. The first-order valence-electron chi connectivity index (χ1n) is 2.68. The molecule has 0 radical (unpaired) electrons. The molecule has 0 saturated heterocycles. The van der Waals surface area contributed by atoms with Crippen LogP contribution in [0.15, 0.2) is 0 Å². The topological polar surface area (TPSA) is 0 Å². The van der Waals surface area contributed by atoms with Crippen LogP contribution < -0.4 is 0 Å². The zero-order chi connectivity index (χ0) is 13.1. The zero-order valence-electron chi connectivity index (χ0n) is 6.23. The first kappa shape index (κ1) is 17.3. The first-order chi connectivity index (χ1) is 6.19. The Morgan fingerprint density at radius 3 is 0.933 bits per heavy atom. The highest BCUT2D eigenvalue weighted by Crippen LogP contribution is 2.38. The van der Waals surface area contributed by atoms with Crippen molar-refractivity contribution in [3.8, 4) is 0 Å². The number of alkyl halides is 11. The number of rotatable bonds is 0. The minimum atomic E-state index is -5.63. The molecule has 0 nitrogen and oxygen atoms in total. The van der Waals surface area contributed by atoms with Gasteiger partial charge in [0.15, 0.2) is 0 Å². The highest BCUT2D eigenvalue weighted by atomic mass is 35.5. The van der Waals surface area contributed by atoms with Gasteiger partial charge in [0.2, 0.25) is 0 Å². The Hall–Kier alpha value is -0.0500. The van der Waals surface area contributed by atoms with Crippen LogP contribution in [0, 0.1) is 0 Å². The minimum Gasteiger partial charge on any atom is -0.220 e. The molecule has 0 saturated carbocycles. The molecule has 0 aromatic heterocycles. The van der Waals surface area contributed by atoms with Crippen LogP contribution in [-0.4, -0.2) is 23.4 Å². The van der Waals surface area contributed by atoms with Crippen LogP contribution in [0.4, 0.5) is 39.5 Å². The van der Waals surface area contributed by atoms with Gasteiger partial charge in [-0.05, 0) is 11.6 Å². The van der Waals surface area contributed by atoms with Gasteiger partial charge in [-0.2, -0.15) is 35.1 Å². The largest absolute Gasteiger partial charge is 0.469 e. The first-order valence-corrected chi connectivity index (χ1v) is 3.49. The Labute approximate surface area is 86.9 Å². The van der Waals surface area contributed by atoms with Crippen LogP contribution in [0.1, 0.15) is 0 Å². The van der Waals surface area contributed by atoms with Crippen molar-refractivity contribution in [3.63, 3.8) is 0 Å². The minimum absolute atomic E-state index is 3.23. The van der Waals surface area contributed by atoms with Crippen LogP contribution in [0.2, 0.25) is 0 Å². The van der Waals surface area contributed by atoms with E-state index in [1.807, 2.05) is 0 Å². The summed E-state index contributed by atoms with van der Waals surface area (Å²) in [5.74, 6) is 0. The fourth-order valence-electron chi connectivity index (χ4n) is 0. The molecule has 0 bridgehead atoms. The fourth-order valence-corrected chi connectivity index (χ4v) is 0. The number of hydrogen-bond donors (Lipinski definition) is 0. The normalized spacial score (nSPS) is 15.4. The average molecular weight is 291 g/mol. The second-order valence-corrected chi connectivity index (χ2v) is 2.70. The monoisotopic (exact) mass is 290 g/mol. The van der Waals surface area contributed by atoms with Gasteiger partial charge in [-0.25, -0.2) is 4.39 Å². The lowest BCUT2D eigenvalue weighted by atomic mass is 10.7. The van der Waals surface area contributed by atoms with Crippen molar-refractivity contribution in [2.24, 2.45) is 0 Å². The van der Waals surface area contributed by atoms with Crippen LogP contribution in [0.3, 0.4) is 0 Å². The van der Waals surface area contributed by atoms with E-state index in [4.69, 9.17) is 0 Å². The molecule has 0 aromatic rings. The maximum absolute atomic E-state index is 10.9. The standard InChI is InChI=1S/C2ClF5.C2HClF4/c3-1(4,5)2(6,7)8;3-1(4)2(5,6)7/h;1H. The summed E-state index contributed by atoms with van der Waals surface area (Å²) < 4.78 is 96.6. The van der Waals surface area contributed by atoms with Gasteiger partial charge < -0.3 is 0 Å². The number of hydrogen-bond acceptors (Lipinski definition) is 0. The van der Waals surface area contributed by atoms with Gasteiger partial charge in [-0.3, -0.25) is 0 Å². The van der Waals surface area contributed by atoms with Crippen molar-refractivity contribution in [1.29, 1.82) is 0 Å². The molecule has 94 valence electrons. The molecular weight excluding hydrogens is 290 g/mol. The summed E-state index contributed by atoms with van der Waals surface area (Å²) >= 11 is 7.51. The molecular formula is C4HCl2F9. The van der Waals surface area contributed by atoms with E-state index in [9.17, 15) is 39.5 Å². The third kappa shape index (κ3) is 8.91. The molecule has 0 rings (SSSR count). The fraction of sp³-hybridized carbons (Fsp3) is 1.00. The molecule has 0 fully saturated rings. The summed E-state index contributed by atoms with van der Waals surface area (Å²) in [6, 6.07) is 0. The van der Waals surface area contributed by atoms with E-state index in [-0.39, 0.29) is 0 Å². The Bertz CT molecular complexity index is 162. The van der Waals surface area contributed by atoms with Crippen molar-refractivity contribution >= 4 is 23.2 Å². The molecule has 0 N–H and O–H groups in total. The number of halogens is 11. The molecule has 15 heavy (non-hydrogen) atoms. The van der Waals surface area contributed by atoms with Gasteiger partial charge in [-0.15, -0.1) is 0 Å². The van der Waals surface area contributed by atoms with E-state index in [2.05, 4.69) is 23.2 Å². The third-order valence-electron chi connectivity index (χ3n) is 0.569. The van der Waals surface area contributed by atoms with E-state index in [1.165, 1.54) is 0 Å². The Balaban J connectivity index is 0. The molecule has 0 heterocycles. The predicted octanol–water partition coefficient (Wildman–Crippen LogP) is 4.46. The highest BCUT2D eigenvalue weighted by molar-refractivity contribution is 6.22. The van der Waals surface area contributed by atoms with Crippen LogP contribution in [0.5, 0.6) is 0 Å². The van der Waals surface area contributed by atoms with Crippen molar-refractivity contribution in [2.75, 3.05) is 0 Å². The van der Waals surface area contributed by atoms with Crippen LogP contribution >= 0.6 is 23.2 Å². The molecule has 0 amide bonds. The molecule has 0 aromatic carbocycles. The lowest BCUT2D eigenvalue weighted by Crippen LogP contribution is -2.29. The summed E-state index contributed by atoms with van der Waals surface area (Å²) in [4.78, 5) is 0. The van der Waals surface area contributed by atoms with Gasteiger partial charge in [-0.1, -0.05) is 11.6 Å².